The average Bonchev–Trinajstić information content (AvgIpc) is 3.00. The fraction of sp³-hybridized carbons (Fsp3) is 0.800. The molecular weight excluding hydrogens is 236 g/mol. The van der Waals surface area contributed by atoms with Crippen LogP contribution in [-0.2, 0) is 6.54 Å². The quantitative estimate of drug-likeness (QED) is 0.858. The van der Waals surface area contributed by atoms with Crippen molar-refractivity contribution in [3.8, 4) is 0 Å². The molecule has 0 spiro atoms. The second-order valence-electron chi connectivity index (χ2n) is 5.87. The van der Waals surface area contributed by atoms with Gasteiger partial charge in [-0.15, -0.1) is 0 Å². The van der Waals surface area contributed by atoms with E-state index in [0.29, 0.717) is 18.0 Å². The minimum atomic E-state index is 0.543. The fourth-order valence-electron chi connectivity index (χ4n) is 3.14. The van der Waals surface area contributed by atoms with Gasteiger partial charge in [0.25, 0.3) is 0 Å². The Bertz CT molecular complexity index is 383. The van der Waals surface area contributed by atoms with Gasteiger partial charge in [0.15, 0.2) is 0 Å². The molecule has 4 heteroatoms. The number of hydrogen-bond donors (Lipinski definition) is 1. The van der Waals surface area contributed by atoms with E-state index >= 15 is 0 Å². The molecule has 4 nitrogen and oxygen atoms in total. The first-order chi connectivity index (χ1) is 9.17. The highest BCUT2D eigenvalue weighted by atomic mass is 15.3. The van der Waals surface area contributed by atoms with Crippen LogP contribution in [0.4, 0.5) is 0 Å². The van der Waals surface area contributed by atoms with E-state index in [0.717, 1.165) is 32.5 Å². The molecule has 108 valence electrons. The van der Waals surface area contributed by atoms with Gasteiger partial charge in [-0.3, -0.25) is 9.58 Å². The van der Waals surface area contributed by atoms with E-state index in [1.165, 1.54) is 12.1 Å². The predicted molar refractivity (Wildman–Crippen MR) is 78.9 cm³/mol. The van der Waals surface area contributed by atoms with E-state index in [2.05, 4.69) is 42.6 Å². The van der Waals surface area contributed by atoms with Crippen molar-refractivity contribution in [2.24, 2.45) is 11.7 Å². The summed E-state index contributed by atoms with van der Waals surface area (Å²) in [6.07, 6.45) is 5.65. The largest absolute Gasteiger partial charge is 0.330 e. The highest BCUT2D eigenvalue weighted by Gasteiger charge is 2.28. The molecule has 0 amide bonds. The molecule has 1 aromatic rings. The van der Waals surface area contributed by atoms with Gasteiger partial charge in [0.2, 0.25) is 0 Å². The van der Waals surface area contributed by atoms with Crippen LogP contribution in [0.5, 0.6) is 0 Å². The monoisotopic (exact) mass is 264 g/mol. The smallest absolute Gasteiger partial charge is 0.0765 e. The van der Waals surface area contributed by atoms with Gasteiger partial charge in [0.05, 0.1) is 11.7 Å². The Morgan fingerprint density at radius 2 is 2.16 bits per heavy atom. The Kier molecular flexibility index (Phi) is 4.99. The van der Waals surface area contributed by atoms with E-state index in [4.69, 9.17) is 10.8 Å². The molecular formula is C15H28N4. The van der Waals surface area contributed by atoms with E-state index in [1.807, 2.05) is 0 Å². The molecule has 1 aromatic heterocycles. The third kappa shape index (κ3) is 3.37. The van der Waals surface area contributed by atoms with Crippen molar-refractivity contribution >= 4 is 0 Å². The molecule has 2 heterocycles. The lowest BCUT2D eigenvalue weighted by molar-refractivity contribution is 0.251. The van der Waals surface area contributed by atoms with E-state index in [-0.39, 0.29) is 0 Å². The van der Waals surface area contributed by atoms with Crippen molar-refractivity contribution in [2.45, 2.75) is 58.7 Å². The van der Waals surface area contributed by atoms with E-state index < -0.39 is 0 Å². The lowest BCUT2D eigenvalue weighted by Gasteiger charge is -2.19. The fourth-order valence-corrected chi connectivity index (χ4v) is 3.14. The maximum absolute atomic E-state index is 5.79. The maximum Gasteiger partial charge on any atom is 0.0765 e. The highest BCUT2D eigenvalue weighted by Crippen LogP contribution is 2.24. The van der Waals surface area contributed by atoms with Crippen molar-refractivity contribution in [3.63, 3.8) is 0 Å². The third-order valence-electron chi connectivity index (χ3n) is 4.47. The number of nitrogens with zero attached hydrogens (tertiary/aromatic N) is 3. The summed E-state index contributed by atoms with van der Waals surface area (Å²) in [5.74, 6) is 0.663. The van der Waals surface area contributed by atoms with Gasteiger partial charge in [0, 0.05) is 25.3 Å². The van der Waals surface area contributed by atoms with Crippen molar-refractivity contribution < 1.29 is 0 Å². The lowest BCUT2D eigenvalue weighted by Crippen LogP contribution is -2.27. The second kappa shape index (κ2) is 6.53. The minimum Gasteiger partial charge on any atom is -0.330 e. The van der Waals surface area contributed by atoms with Gasteiger partial charge >= 0.3 is 0 Å². The molecule has 0 aliphatic carbocycles. The summed E-state index contributed by atoms with van der Waals surface area (Å²) in [5.41, 5.74) is 6.98. The Hall–Kier alpha value is -0.870. The minimum absolute atomic E-state index is 0.543. The van der Waals surface area contributed by atoms with Gasteiger partial charge in [-0.05, 0) is 44.7 Å². The van der Waals surface area contributed by atoms with Crippen LogP contribution >= 0.6 is 0 Å². The number of rotatable bonds is 6. The van der Waals surface area contributed by atoms with Crippen LogP contribution in [0.1, 0.15) is 51.8 Å². The number of hydrogen-bond acceptors (Lipinski definition) is 3. The first-order valence-corrected chi connectivity index (χ1v) is 7.66. The molecule has 2 N–H and O–H groups in total. The molecule has 1 aliphatic heterocycles. The zero-order valence-corrected chi connectivity index (χ0v) is 12.5. The summed E-state index contributed by atoms with van der Waals surface area (Å²) in [6, 6.07) is 3.34. The molecule has 19 heavy (non-hydrogen) atoms. The summed E-state index contributed by atoms with van der Waals surface area (Å²) < 4.78 is 2.14. The van der Waals surface area contributed by atoms with Crippen LogP contribution in [-0.4, -0.2) is 33.8 Å². The molecule has 0 bridgehead atoms. The van der Waals surface area contributed by atoms with E-state index in [9.17, 15) is 0 Å². The van der Waals surface area contributed by atoms with Crippen molar-refractivity contribution in [2.75, 3.05) is 13.1 Å². The first kappa shape index (κ1) is 14.5. The molecule has 0 radical (unpaired) electrons. The number of nitrogens with two attached hydrogens (primary N) is 1. The Labute approximate surface area is 117 Å². The SMILES string of the molecule is CCC(CC)n1ccc(CN2CC(CN)CC2C)n1. The van der Waals surface area contributed by atoms with Gasteiger partial charge < -0.3 is 5.73 Å². The topological polar surface area (TPSA) is 47.1 Å². The zero-order valence-electron chi connectivity index (χ0n) is 12.5. The van der Waals surface area contributed by atoms with Crippen molar-refractivity contribution in [3.05, 3.63) is 18.0 Å². The summed E-state index contributed by atoms with van der Waals surface area (Å²) in [5, 5.41) is 4.74. The normalized spacial score (nSPS) is 24.5. The molecule has 0 saturated carbocycles. The zero-order chi connectivity index (χ0) is 13.8. The molecule has 2 unspecified atom stereocenters. The predicted octanol–water partition coefficient (Wildman–Crippen LogP) is 2.41. The summed E-state index contributed by atoms with van der Waals surface area (Å²) in [4.78, 5) is 2.51. The van der Waals surface area contributed by atoms with Crippen LogP contribution in [0.15, 0.2) is 12.3 Å². The summed E-state index contributed by atoms with van der Waals surface area (Å²) in [7, 11) is 0. The third-order valence-corrected chi connectivity index (χ3v) is 4.47. The Morgan fingerprint density at radius 1 is 1.42 bits per heavy atom. The van der Waals surface area contributed by atoms with Crippen LogP contribution in [0, 0.1) is 5.92 Å². The van der Waals surface area contributed by atoms with Crippen LogP contribution < -0.4 is 5.73 Å². The van der Waals surface area contributed by atoms with E-state index in [1.54, 1.807) is 0 Å². The second-order valence-corrected chi connectivity index (χ2v) is 5.87. The molecule has 1 fully saturated rings. The molecule has 0 aromatic carbocycles. The molecule has 2 rings (SSSR count). The van der Waals surface area contributed by atoms with Crippen molar-refractivity contribution in [1.29, 1.82) is 0 Å². The Morgan fingerprint density at radius 3 is 2.74 bits per heavy atom. The molecule has 1 aliphatic rings. The molecule has 1 saturated heterocycles. The highest BCUT2D eigenvalue weighted by molar-refractivity contribution is 5.01. The van der Waals surface area contributed by atoms with Gasteiger partial charge in [-0.25, -0.2) is 0 Å². The van der Waals surface area contributed by atoms with Gasteiger partial charge in [-0.2, -0.15) is 5.10 Å². The lowest BCUT2D eigenvalue weighted by atomic mass is 10.1. The Balaban J connectivity index is 1.96. The standard InChI is InChI=1S/C15H28N4/c1-4-15(5-2)19-7-6-14(17-19)11-18-10-13(9-16)8-12(18)3/h6-7,12-13,15H,4-5,8-11,16H2,1-3H3. The molecule has 2 atom stereocenters. The summed E-state index contributed by atoms with van der Waals surface area (Å²) in [6.45, 7) is 9.64. The van der Waals surface area contributed by atoms with Crippen molar-refractivity contribution in [1.82, 2.24) is 14.7 Å². The van der Waals surface area contributed by atoms with Gasteiger partial charge in [0.1, 0.15) is 0 Å². The maximum atomic E-state index is 5.79. The average molecular weight is 264 g/mol. The number of aromatic nitrogens is 2. The van der Waals surface area contributed by atoms with Crippen LogP contribution in [0.25, 0.3) is 0 Å². The summed E-state index contributed by atoms with van der Waals surface area (Å²) >= 11 is 0. The van der Waals surface area contributed by atoms with Gasteiger partial charge in [-0.1, -0.05) is 13.8 Å². The first-order valence-electron chi connectivity index (χ1n) is 7.66. The van der Waals surface area contributed by atoms with Crippen LogP contribution in [0.2, 0.25) is 0 Å². The van der Waals surface area contributed by atoms with Crippen LogP contribution in [0.3, 0.4) is 0 Å². The number of likely N-dealkylation sites (tertiary alicyclic amines) is 1.